The monoisotopic (exact) mass is 510 g/mol. The van der Waals surface area contributed by atoms with Crippen LogP contribution in [-0.2, 0) is 9.53 Å². The molecular formula is C27H27FN2O7. The zero-order chi connectivity index (χ0) is 26.6. The van der Waals surface area contributed by atoms with Crippen molar-refractivity contribution in [2.45, 2.75) is 43.7 Å². The summed E-state index contributed by atoms with van der Waals surface area (Å²) in [5, 5.41) is 42.4. The molecule has 0 unspecified atom stereocenters. The molecule has 3 aliphatic rings. The van der Waals surface area contributed by atoms with Crippen molar-refractivity contribution in [2.24, 2.45) is 0 Å². The van der Waals surface area contributed by atoms with Crippen LogP contribution in [0, 0.1) is 5.82 Å². The van der Waals surface area contributed by atoms with Crippen molar-refractivity contribution >= 4 is 28.6 Å². The minimum absolute atomic E-state index is 0.240. The van der Waals surface area contributed by atoms with Crippen LogP contribution in [0.1, 0.15) is 35.3 Å². The van der Waals surface area contributed by atoms with Gasteiger partial charge in [-0.1, -0.05) is 12.1 Å². The minimum Gasteiger partial charge on any atom is -0.482 e. The lowest BCUT2D eigenvalue weighted by Crippen LogP contribution is -2.47. The number of hydrogen-bond donors (Lipinski definition) is 5. The first-order chi connectivity index (χ1) is 17.6. The maximum absolute atomic E-state index is 13.6. The number of rotatable bonds is 4. The van der Waals surface area contributed by atoms with Crippen LogP contribution in [0.25, 0.3) is 11.1 Å². The summed E-state index contributed by atoms with van der Waals surface area (Å²) in [6.45, 7) is 2.54. The Labute approximate surface area is 212 Å². The first kappa shape index (κ1) is 25.1. The van der Waals surface area contributed by atoms with Gasteiger partial charge in [-0.05, 0) is 55.8 Å². The second kappa shape index (κ2) is 9.07. The van der Waals surface area contributed by atoms with E-state index in [-0.39, 0.29) is 5.56 Å². The first-order valence-electron chi connectivity index (χ1n) is 11.8. The van der Waals surface area contributed by atoms with Crippen LogP contribution in [-0.4, -0.2) is 80.2 Å². The average molecular weight is 511 g/mol. The van der Waals surface area contributed by atoms with Crippen molar-refractivity contribution in [3.63, 3.8) is 0 Å². The molecule has 4 atom stereocenters. The minimum atomic E-state index is -1.38. The van der Waals surface area contributed by atoms with Gasteiger partial charge < -0.3 is 35.4 Å². The van der Waals surface area contributed by atoms with Crippen LogP contribution in [0.5, 0.6) is 0 Å². The van der Waals surface area contributed by atoms with Gasteiger partial charge in [0.25, 0.3) is 11.8 Å². The summed E-state index contributed by atoms with van der Waals surface area (Å²) >= 11 is 0. The van der Waals surface area contributed by atoms with E-state index in [1.54, 1.807) is 30.3 Å². The number of aliphatic hydroxyl groups is 4. The van der Waals surface area contributed by atoms with Gasteiger partial charge in [-0.2, -0.15) is 0 Å². The molecule has 0 bridgehead atoms. The predicted molar refractivity (Wildman–Crippen MR) is 131 cm³/mol. The molecule has 0 aliphatic carbocycles. The number of carbonyl (C=O) groups excluding carboxylic acids is 2. The molecule has 9 nitrogen and oxygen atoms in total. The molecule has 1 fully saturated rings. The molecule has 5 N–H and O–H groups in total. The Morgan fingerprint density at radius 2 is 1.68 bits per heavy atom. The van der Waals surface area contributed by atoms with Gasteiger partial charge in [0.1, 0.15) is 29.4 Å². The van der Waals surface area contributed by atoms with E-state index >= 15 is 0 Å². The molecule has 194 valence electrons. The number of benzene rings is 2. The summed E-state index contributed by atoms with van der Waals surface area (Å²) in [5.41, 5.74) is 2.13. The number of halogens is 1. The summed E-state index contributed by atoms with van der Waals surface area (Å²) in [4.78, 5) is 27.0. The number of ether oxygens (including phenoxy) is 1. The summed E-state index contributed by atoms with van der Waals surface area (Å²) in [5.74, 6) is -1.06. The van der Waals surface area contributed by atoms with Gasteiger partial charge in [0.15, 0.2) is 0 Å². The van der Waals surface area contributed by atoms with Crippen LogP contribution in [0.3, 0.4) is 0 Å². The van der Waals surface area contributed by atoms with E-state index in [2.05, 4.69) is 5.32 Å². The van der Waals surface area contributed by atoms with Crippen LogP contribution in [0.2, 0.25) is 0 Å². The number of amides is 2. The molecule has 10 heteroatoms. The highest BCUT2D eigenvalue weighted by molar-refractivity contribution is 6.32. The third kappa shape index (κ3) is 4.02. The van der Waals surface area contributed by atoms with Crippen LogP contribution < -0.4 is 5.32 Å². The molecule has 0 aromatic heterocycles. The number of fused-ring (bicyclic) bond motifs is 1. The highest BCUT2D eigenvalue weighted by Gasteiger charge is 2.49. The maximum Gasteiger partial charge on any atom is 0.260 e. The van der Waals surface area contributed by atoms with E-state index in [1.807, 2.05) is 13.8 Å². The number of likely N-dealkylation sites (tertiary alicyclic amines) is 1. The molecule has 0 saturated carbocycles. The Kier molecular flexibility index (Phi) is 6.15. The Bertz CT molecular complexity index is 1320. The van der Waals surface area contributed by atoms with Gasteiger partial charge in [0.2, 0.25) is 0 Å². The van der Waals surface area contributed by atoms with Crippen LogP contribution in [0.4, 0.5) is 10.1 Å². The maximum atomic E-state index is 13.6. The molecule has 1 saturated heterocycles. The summed E-state index contributed by atoms with van der Waals surface area (Å²) < 4.78 is 19.8. The van der Waals surface area contributed by atoms with E-state index in [9.17, 15) is 34.4 Å². The van der Waals surface area contributed by atoms with Crippen molar-refractivity contribution in [1.29, 1.82) is 0 Å². The number of carbonyl (C=O) groups is 2. The predicted octanol–water partition coefficient (Wildman–Crippen LogP) is 1.28. The molecule has 2 amide bonds. The van der Waals surface area contributed by atoms with Gasteiger partial charge in [0.05, 0.1) is 36.6 Å². The van der Waals surface area contributed by atoms with Gasteiger partial charge in [-0.3, -0.25) is 9.59 Å². The van der Waals surface area contributed by atoms with E-state index in [1.165, 1.54) is 18.2 Å². The SMILES string of the molecule is CC1(C)O/C(=C2/C(=O)Nc3cc(F)ccc32)C=C1c1ccc(C(=O)N2[C@H](CO)[C@H](O)[C@H](O)[C@@H]2CO)cc1. The number of aliphatic hydroxyl groups excluding tert-OH is 4. The average Bonchev–Trinajstić information content (AvgIpc) is 3.45. The molecule has 0 spiro atoms. The number of nitrogens with one attached hydrogen (secondary N) is 1. The fraction of sp³-hybridized carbons (Fsp3) is 0.333. The lowest BCUT2D eigenvalue weighted by atomic mass is 9.91. The molecular weight excluding hydrogens is 483 g/mol. The van der Waals surface area contributed by atoms with Crippen molar-refractivity contribution in [1.82, 2.24) is 4.90 Å². The van der Waals surface area contributed by atoms with Gasteiger partial charge in [-0.25, -0.2) is 4.39 Å². The fourth-order valence-corrected chi connectivity index (χ4v) is 5.27. The third-order valence-electron chi connectivity index (χ3n) is 7.17. The standard InChI is InChI=1S/C27H27FN2O7/c1-27(2)17(10-21(37-27)22-16-8-7-15(28)9-18(16)29-25(22)35)13-3-5-14(6-4-13)26(36)30-19(11-31)23(33)24(34)20(30)12-32/h3-10,19-20,23-24,31-34H,11-12H2,1-2H3,(H,29,35)/b22-21+/t19-,20+,23+,24-. The molecule has 2 aromatic carbocycles. The van der Waals surface area contributed by atoms with Crippen molar-refractivity contribution in [3.8, 4) is 0 Å². The number of allylic oxidation sites excluding steroid dienone is 1. The van der Waals surface area contributed by atoms with Gasteiger partial charge in [0, 0.05) is 16.7 Å². The first-order valence-corrected chi connectivity index (χ1v) is 11.8. The molecule has 37 heavy (non-hydrogen) atoms. The summed E-state index contributed by atoms with van der Waals surface area (Å²) in [6.07, 6.45) is -1.01. The fourth-order valence-electron chi connectivity index (χ4n) is 5.27. The van der Waals surface area contributed by atoms with E-state index in [4.69, 9.17) is 4.74 Å². The van der Waals surface area contributed by atoms with E-state index in [0.29, 0.717) is 22.6 Å². The normalized spacial score (nSPS) is 28.1. The highest BCUT2D eigenvalue weighted by atomic mass is 19.1. The van der Waals surface area contributed by atoms with Crippen molar-refractivity contribution in [2.75, 3.05) is 18.5 Å². The Morgan fingerprint density at radius 1 is 1.05 bits per heavy atom. The quantitative estimate of drug-likeness (QED) is 0.391. The number of nitrogens with zero attached hydrogens (tertiary/aromatic N) is 1. The van der Waals surface area contributed by atoms with Crippen molar-refractivity contribution in [3.05, 3.63) is 76.8 Å². The largest absolute Gasteiger partial charge is 0.482 e. The summed E-state index contributed by atoms with van der Waals surface area (Å²) in [7, 11) is 0. The van der Waals surface area contributed by atoms with Gasteiger partial charge in [-0.15, -0.1) is 0 Å². The van der Waals surface area contributed by atoms with Crippen LogP contribution >= 0.6 is 0 Å². The molecule has 3 aliphatic heterocycles. The third-order valence-corrected chi connectivity index (χ3v) is 7.17. The second-order valence-electron chi connectivity index (χ2n) is 9.82. The molecule has 3 heterocycles. The zero-order valence-corrected chi connectivity index (χ0v) is 20.2. The van der Waals surface area contributed by atoms with E-state index < -0.39 is 60.7 Å². The van der Waals surface area contributed by atoms with Gasteiger partial charge >= 0.3 is 0 Å². The highest BCUT2D eigenvalue weighted by Crippen LogP contribution is 2.44. The van der Waals surface area contributed by atoms with E-state index in [0.717, 1.165) is 16.0 Å². The second-order valence-corrected chi connectivity index (χ2v) is 9.82. The van der Waals surface area contributed by atoms with Crippen molar-refractivity contribution < 1.29 is 39.1 Å². The molecule has 2 aromatic rings. The Hall–Kier alpha value is -3.57. The smallest absolute Gasteiger partial charge is 0.260 e. The number of hydrogen-bond acceptors (Lipinski definition) is 7. The lowest BCUT2D eigenvalue weighted by Gasteiger charge is -2.29. The molecule has 5 rings (SSSR count). The molecule has 0 radical (unpaired) electrons. The zero-order valence-electron chi connectivity index (χ0n) is 20.2. The van der Waals surface area contributed by atoms with Crippen LogP contribution in [0.15, 0.2) is 54.3 Å². The Morgan fingerprint density at radius 3 is 2.27 bits per heavy atom. The number of anilines is 1. The Balaban J connectivity index is 1.47. The topological polar surface area (TPSA) is 140 Å². The summed E-state index contributed by atoms with van der Waals surface area (Å²) in [6, 6.07) is 8.52. The lowest BCUT2D eigenvalue weighted by molar-refractivity contribution is -0.111.